The number of piperidine rings is 1. The van der Waals surface area contributed by atoms with Gasteiger partial charge in [-0.05, 0) is 54.2 Å². The van der Waals surface area contributed by atoms with Crippen LogP contribution in [0.15, 0.2) is 89.7 Å². The van der Waals surface area contributed by atoms with E-state index >= 15 is 0 Å². The zero-order valence-corrected chi connectivity index (χ0v) is 20.9. The van der Waals surface area contributed by atoms with Crippen molar-refractivity contribution < 1.29 is 19.5 Å². The highest BCUT2D eigenvalue weighted by molar-refractivity contribution is 5.68. The molecule has 0 atom stereocenters. The van der Waals surface area contributed by atoms with Gasteiger partial charge in [0.25, 0.3) is 5.88 Å². The number of carbonyl (C=O) groups is 1. The van der Waals surface area contributed by atoms with E-state index in [0.717, 1.165) is 29.9 Å². The molecular weight excluding hydrogens is 484 g/mol. The summed E-state index contributed by atoms with van der Waals surface area (Å²) in [7, 11) is 0. The second-order valence-electron chi connectivity index (χ2n) is 9.22. The molecule has 38 heavy (non-hydrogen) atoms. The van der Waals surface area contributed by atoms with E-state index in [2.05, 4.69) is 22.4 Å². The number of hydrogen-bond acceptors (Lipinski definition) is 6. The van der Waals surface area contributed by atoms with Crippen molar-refractivity contribution in [3.05, 3.63) is 112 Å². The van der Waals surface area contributed by atoms with Crippen molar-refractivity contribution in [1.82, 2.24) is 19.9 Å². The molecule has 1 saturated heterocycles. The third-order valence-corrected chi connectivity index (χ3v) is 6.63. The van der Waals surface area contributed by atoms with Crippen LogP contribution in [0.1, 0.15) is 35.6 Å². The molecule has 1 fully saturated rings. The lowest BCUT2D eigenvalue weighted by Crippen LogP contribution is -2.43. The summed E-state index contributed by atoms with van der Waals surface area (Å²) in [5.41, 5.74) is 1.77. The number of hydrogen-bond donors (Lipinski definition) is 3. The van der Waals surface area contributed by atoms with E-state index in [1.54, 1.807) is 4.90 Å². The minimum atomic E-state index is -0.714. The van der Waals surface area contributed by atoms with Gasteiger partial charge in [0.2, 0.25) is 0 Å². The summed E-state index contributed by atoms with van der Waals surface area (Å²) in [5.74, 6) is 1.44. The Balaban J connectivity index is 1.11. The summed E-state index contributed by atoms with van der Waals surface area (Å²) >= 11 is 0. The number of carbonyl (C=O) groups excluding carboxylic acids is 1. The molecule has 9 nitrogen and oxygen atoms in total. The highest BCUT2D eigenvalue weighted by Gasteiger charge is 2.27. The number of nitrogens with one attached hydrogen (secondary N) is 2. The van der Waals surface area contributed by atoms with Crippen LogP contribution in [-0.2, 0) is 13.1 Å². The lowest BCUT2D eigenvalue weighted by atomic mass is 9.90. The van der Waals surface area contributed by atoms with Crippen LogP contribution < -0.4 is 20.6 Å². The zero-order valence-electron chi connectivity index (χ0n) is 20.9. The van der Waals surface area contributed by atoms with Gasteiger partial charge in [0, 0.05) is 26.2 Å². The first kappa shape index (κ1) is 25.2. The molecule has 4 aromatic rings. The summed E-state index contributed by atoms with van der Waals surface area (Å²) < 4.78 is 6.41. The average molecular weight is 515 g/mol. The number of rotatable bonds is 8. The van der Waals surface area contributed by atoms with Crippen LogP contribution in [0.2, 0.25) is 0 Å². The van der Waals surface area contributed by atoms with E-state index in [0.29, 0.717) is 30.3 Å². The molecule has 0 bridgehead atoms. The summed E-state index contributed by atoms with van der Waals surface area (Å²) in [6.45, 7) is 1.70. The average Bonchev–Trinajstić information content (AvgIpc) is 3.22. The Bertz CT molecular complexity index is 1390. The quantitative estimate of drug-likeness (QED) is 0.322. The highest BCUT2D eigenvalue weighted by atomic mass is 16.7. The van der Waals surface area contributed by atoms with Crippen LogP contribution >= 0.6 is 0 Å². The first-order chi connectivity index (χ1) is 18.6. The molecular formula is C29H30N4O5. The number of ether oxygens (including phenoxy) is 1. The fourth-order valence-electron chi connectivity index (χ4n) is 4.55. The van der Waals surface area contributed by atoms with E-state index in [4.69, 9.17) is 9.57 Å². The third kappa shape index (κ3) is 6.07. The Morgan fingerprint density at radius 1 is 0.895 bits per heavy atom. The smallest absolute Gasteiger partial charge is 0.434 e. The number of para-hydroxylation sites is 1. The maximum atomic E-state index is 12.7. The molecule has 1 aliphatic rings. The number of likely N-dealkylation sites (tertiary alicyclic amines) is 1. The van der Waals surface area contributed by atoms with E-state index in [1.165, 1.54) is 5.56 Å². The second kappa shape index (κ2) is 11.7. The van der Waals surface area contributed by atoms with Crippen molar-refractivity contribution in [2.45, 2.75) is 31.8 Å². The Morgan fingerprint density at radius 2 is 1.53 bits per heavy atom. The normalized spacial score (nSPS) is 13.8. The topological polar surface area (TPSA) is 109 Å². The Morgan fingerprint density at radius 3 is 2.21 bits per heavy atom. The van der Waals surface area contributed by atoms with Crippen molar-refractivity contribution in [3.8, 4) is 17.4 Å². The van der Waals surface area contributed by atoms with Gasteiger partial charge in [-0.2, -0.15) is 0 Å². The first-order valence-electron chi connectivity index (χ1n) is 12.6. The Hall–Kier alpha value is -4.50. The molecule has 1 amide bonds. The zero-order chi connectivity index (χ0) is 26.3. The molecule has 1 aliphatic heterocycles. The van der Waals surface area contributed by atoms with Crippen molar-refractivity contribution in [3.63, 3.8) is 0 Å². The molecule has 2 heterocycles. The SMILES string of the molecule is O=C(On1c(O)c(CNCc2ccc(Oc3ccccc3)cc2)[nH]c1=O)N1CCC(c2ccccc2)CC1. The van der Waals surface area contributed by atoms with E-state index in [-0.39, 0.29) is 12.2 Å². The molecule has 0 saturated carbocycles. The molecule has 9 heteroatoms. The summed E-state index contributed by atoms with van der Waals surface area (Å²) in [4.78, 5) is 34.3. The molecule has 3 aromatic carbocycles. The molecule has 3 N–H and O–H groups in total. The van der Waals surface area contributed by atoms with E-state index < -0.39 is 17.7 Å². The van der Waals surface area contributed by atoms with Crippen LogP contribution in [0, 0.1) is 0 Å². The summed E-state index contributed by atoms with van der Waals surface area (Å²) in [6, 6.07) is 27.4. The molecule has 196 valence electrons. The largest absolute Gasteiger partial charge is 0.491 e. The Labute approximate surface area is 220 Å². The number of nitrogens with zero attached hydrogens (tertiary/aromatic N) is 2. The van der Waals surface area contributed by atoms with Gasteiger partial charge < -0.3 is 29.9 Å². The minimum absolute atomic E-state index is 0.177. The lowest BCUT2D eigenvalue weighted by Gasteiger charge is -2.31. The van der Waals surface area contributed by atoms with Crippen LogP contribution in [0.25, 0.3) is 0 Å². The maximum absolute atomic E-state index is 12.7. The van der Waals surface area contributed by atoms with Gasteiger partial charge in [0.05, 0.1) is 5.69 Å². The predicted molar refractivity (Wildman–Crippen MR) is 142 cm³/mol. The van der Waals surface area contributed by atoms with Crippen LogP contribution in [0.4, 0.5) is 4.79 Å². The number of amides is 1. The molecule has 0 aliphatic carbocycles. The monoisotopic (exact) mass is 514 g/mol. The predicted octanol–water partition coefficient (Wildman–Crippen LogP) is 4.39. The van der Waals surface area contributed by atoms with E-state index in [9.17, 15) is 14.7 Å². The number of aromatic hydroxyl groups is 1. The van der Waals surface area contributed by atoms with Crippen molar-refractivity contribution in [2.24, 2.45) is 0 Å². The fourth-order valence-corrected chi connectivity index (χ4v) is 4.55. The van der Waals surface area contributed by atoms with Crippen molar-refractivity contribution in [2.75, 3.05) is 13.1 Å². The fraction of sp³-hybridized carbons (Fsp3) is 0.241. The van der Waals surface area contributed by atoms with Gasteiger partial charge in [0.1, 0.15) is 11.5 Å². The van der Waals surface area contributed by atoms with Crippen LogP contribution in [-0.4, -0.2) is 38.9 Å². The lowest BCUT2D eigenvalue weighted by molar-refractivity contribution is 0.0721. The minimum Gasteiger partial charge on any atom is -0.491 e. The van der Waals surface area contributed by atoms with Crippen LogP contribution in [0.5, 0.6) is 17.4 Å². The van der Waals surface area contributed by atoms with Gasteiger partial charge in [-0.1, -0.05) is 65.4 Å². The van der Waals surface area contributed by atoms with E-state index in [1.807, 2.05) is 72.8 Å². The second-order valence-corrected chi connectivity index (χ2v) is 9.22. The Kier molecular flexibility index (Phi) is 7.75. The molecule has 0 spiro atoms. The number of benzene rings is 3. The van der Waals surface area contributed by atoms with Crippen molar-refractivity contribution in [1.29, 1.82) is 0 Å². The number of aromatic amines is 1. The van der Waals surface area contributed by atoms with Crippen molar-refractivity contribution >= 4 is 6.09 Å². The molecule has 1 aromatic heterocycles. The van der Waals surface area contributed by atoms with Gasteiger partial charge in [-0.15, -0.1) is 0 Å². The molecule has 5 rings (SSSR count). The molecule has 0 unspecified atom stereocenters. The standard InChI is InChI=1S/C29H30N4O5/c34-27-26(20-30-19-21-11-13-25(14-12-21)37-24-9-5-2-6-10-24)31-28(35)33(27)38-29(36)32-17-15-23(16-18-32)22-7-3-1-4-8-22/h1-14,23,30,34H,15-20H2,(H,31,35). The van der Waals surface area contributed by atoms with Gasteiger partial charge in [0.15, 0.2) is 0 Å². The number of aromatic nitrogens is 2. The van der Waals surface area contributed by atoms with Crippen LogP contribution in [0.3, 0.4) is 0 Å². The highest BCUT2D eigenvalue weighted by Crippen LogP contribution is 2.28. The summed E-state index contributed by atoms with van der Waals surface area (Å²) in [6.07, 6.45) is 0.953. The first-order valence-corrected chi connectivity index (χ1v) is 12.6. The van der Waals surface area contributed by atoms with Gasteiger partial charge in [-0.3, -0.25) is 0 Å². The van der Waals surface area contributed by atoms with Gasteiger partial charge in [-0.25, -0.2) is 9.59 Å². The number of imidazole rings is 1. The maximum Gasteiger partial charge on any atom is 0.434 e. The van der Waals surface area contributed by atoms with Gasteiger partial charge >= 0.3 is 11.8 Å². The third-order valence-electron chi connectivity index (χ3n) is 6.63. The molecule has 0 radical (unpaired) electrons. The number of H-pyrrole nitrogens is 1. The summed E-state index contributed by atoms with van der Waals surface area (Å²) in [5, 5.41) is 13.7.